The Hall–Kier alpha value is -0.840. The molecule has 1 aliphatic heterocycles. The summed E-state index contributed by atoms with van der Waals surface area (Å²) in [5.74, 6) is 2.17. The summed E-state index contributed by atoms with van der Waals surface area (Å²) in [4.78, 5) is 4.93. The molecule has 4 heteroatoms. The Bertz CT molecular complexity index is 439. The molecule has 0 bridgehead atoms. The van der Waals surface area contributed by atoms with Crippen LogP contribution in [0.25, 0.3) is 0 Å². The van der Waals surface area contributed by atoms with Crippen LogP contribution in [0.15, 0.2) is 10.5 Å². The van der Waals surface area contributed by atoms with Crippen LogP contribution in [0.2, 0.25) is 0 Å². The quantitative estimate of drug-likeness (QED) is 0.895. The molecule has 1 fully saturated rings. The number of furan rings is 1. The third kappa shape index (κ3) is 3.62. The van der Waals surface area contributed by atoms with Crippen LogP contribution >= 0.6 is 0 Å². The second-order valence-electron chi connectivity index (χ2n) is 6.54. The van der Waals surface area contributed by atoms with E-state index in [4.69, 9.17) is 4.42 Å². The van der Waals surface area contributed by atoms with Crippen LogP contribution in [0.1, 0.15) is 37.9 Å². The molecule has 0 aromatic carbocycles. The fraction of sp³-hybridized carbons (Fsp3) is 0.750. The molecule has 0 spiro atoms. The molecule has 114 valence electrons. The maximum absolute atomic E-state index is 6.00. The molecule has 0 amide bonds. The fourth-order valence-electron chi connectivity index (χ4n) is 2.78. The van der Waals surface area contributed by atoms with Crippen LogP contribution in [-0.2, 0) is 13.1 Å². The van der Waals surface area contributed by atoms with Crippen LogP contribution < -0.4 is 5.32 Å². The molecular weight excluding hydrogens is 250 g/mol. The fourth-order valence-corrected chi connectivity index (χ4v) is 2.78. The highest BCUT2D eigenvalue weighted by molar-refractivity contribution is 5.20. The lowest BCUT2D eigenvalue weighted by atomic mass is 10.00. The average Bonchev–Trinajstić information content (AvgIpc) is 2.71. The normalized spacial score (nSPS) is 20.4. The third-order valence-corrected chi connectivity index (χ3v) is 4.38. The molecular formula is C16H29N3O. The first-order valence-corrected chi connectivity index (χ1v) is 7.65. The van der Waals surface area contributed by atoms with Crippen molar-refractivity contribution in [2.75, 3.05) is 33.2 Å². The summed E-state index contributed by atoms with van der Waals surface area (Å²) >= 11 is 0. The minimum atomic E-state index is 0.243. The van der Waals surface area contributed by atoms with Crippen molar-refractivity contribution in [1.82, 2.24) is 15.1 Å². The van der Waals surface area contributed by atoms with Crippen molar-refractivity contribution >= 4 is 0 Å². The van der Waals surface area contributed by atoms with E-state index in [1.807, 2.05) is 0 Å². The molecule has 0 aliphatic carbocycles. The van der Waals surface area contributed by atoms with Gasteiger partial charge in [-0.3, -0.25) is 9.80 Å². The van der Waals surface area contributed by atoms with Gasteiger partial charge in [0.15, 0.2) is 0 Å². The molecule has 0 atom stereocenters. The number of nitrogens with zero attached hydrogens (tertiary/aromatic N) is 2. The monoisotopic (exact) mass is 279 g/mol. The lowest BCUT2D eigenvalue weighted by molar-refractivity contribution is 0.0326. The Morgan fingerprint density at radius 1 is 1.35 bits per heavy atom. The van der Waals surface area contributed by atoms with Gasteiger partial charge in [-0.1, -0.05) is 6.92 Å². The Labute approximate surface area is 123 Å². The molecule has 1 aliphatic rings. The summed E-state index contributed by atoms with van der Waals surface area (Å²) in [6, 6.07) is 2.19. The zero-order chi connectivity index (χ0) is 14.8. The number of aryl methyl sites for hydroxylation is 1. The standard InChI is InChI=1S/C16H29N3O/c1-6-17-10-15-13(2)9-14(20-15)11-19-8-7-18(5)16(3,4)12-19/h9,17H,6-8,10-12H2,1-5H3. The highest BCUT2D eigenvalue weighted by Gasteiger charge is 2.31. The molecule has 1 saturated heterocycles. The predicted molar refractivity (Wildman–Crippen MR) is 82.8 cm³/mol. The predicted octanol–water partition coefficient (Wildman–Crippen LogP) is 2.22. The molecule has 20 heavy (non-hydrogen) atoms. The van der Waals surface area contributed by atoms with E-state index in [2.05, 4.69) is 55.9 Å². The van der Waals surface area contributed by atoms with Gasteiger partial charge in [0.2, 0.25) is 0 Å². The molecule has 4 nitrogen and oxygen atoms in total. The van der Waals surface area contributed by atoms with E-state index >= 15 is 0 Å². The number of rotatable bonds is 5. The molecule has 2 rings (SSSR count). The largest absolute Gasteiger partial charge is 0.463 e. The molecule has 0 unspecified atom stereocenters. The molecule has 1 aromatic heterocycles. The van der Waals surface area contributed by atoms with Gasteiger partial charge in [0.1, 0.15) is 11.5 Å². The summed E-state index contributed by atoms with van der Waals surface area (Å²) in [7, 11) is 2.21. The minimum absolute atomic E-state index is 0.243. The van der Waals surface area contributed by atoms with E-state index in [0.29, 0.717) is 0 Å². The van der Waals surface area contributed by atoms with Gasteiger partial charge in [-0.15, -0.1) is 0 Å². The van der Waals surface area contributed by atoms with E-state index < -0.39 is 0 Å². The molecule has 0 radical (unpaired) electrons. The SMILES string of the molecule is CCNCc1oc(CN2CCN(C)C(C)(C)C2)cc1C. The Balaban J connectivity index is 1.96. The molecule has 1 aromatic rings. The van der Waals surface area contributed by atoms with Crippen molar-refractivity contribution in [1.29, 1.82) is 0 Å². The zero-order valence-corrected chi connectivity index (χ0v) is 13.6. The first-order valence-electron chi connectivity index (χ1n) is 7.65. The smallest absolute Gasteiger partial charge is 0.120 e. The van der Waals surface area contributed by atoms with E-state index in [-0.39, 0.29) is 5.54 Å². The lowest BCUT2D eigenvalue weighted by Crippen LogP contribution is -2.57. The zero-order valence-electron chi connectivity index (χ0n) is 13.6. The molecule has 1 N–H and O–H groups in total. The van der Waals surface area contributed by atoms with Gasteiger partial charge in [0, 0.05) is 25.2 Å². The Morgan fingerprint density at radius 3 is 2.75 bits per heavy atom. The van der Waals surface area contributed by atoms with Crippen molar-refractivity contribution in [3.63, 3.8) is 0 Å². The number of hydrogen-bond acceptors (Lipinski definition) is 4. The van der Waals surface area contributed by atoms with Gasteiger partial charge in [0.25, 0.3) is 0 Å². The summed E-state index contributed by atoms with van der Waals surface area (Å²) in [6.07, 6.45) is 0. The van der Waals surface area contributed by atoms with Gasteiger partial charge in [-0.25, -0.2) is 0 Å². The maximum atomic E-state index is 6.00. The topological polar surface area (TPSA) is 31.7 Å². The highest BCUT2D eigenvalue weighted by atomic mass is 16.3. The van der Waals surface area contributed by atoms with E-state index in [1.54, 1.807) is 0 Å². The molecule has 2 heterocycles. The van der Waals surface area contributed by atoms with E-state index in [1.165, 1.54) is 5.56 Å². The number of likely N-dealkylation sites (N-methyl/N-ethyl adjacent to an activating group) is 1. The molecule has 0 saturated carbocycles. The Kier molecular flexibility index (Phi) is 4.89. The minimum Gasteiger partial charge on any atom is -0.463 e. The lowest BCUT2D eigenvalue weighted by Gasteiger charge is -2.45. The van der Waals surface area contributed by atoms with Crippen LogP contribution in [0.5, 0.6) is 0 Å². The van der Waals surface area contributed by atoms with Crippen LogP contribution in [-0.4, -0.2) is 48.6 Å². The van der Waals surface area contributed by atoms with E-state index in [0.717, 1.165) is 50.8 Å². The maximum Gasteiger partial charge on any atom is 0.120 e. The van der Waals surface area contributed by atoms with Crippen molar-refractivity contribution < 1.29 is 4.42 Å². The van der Waals surface area contributed by atoms with Gasteiger partial charge in [-0.2, -0.15) is 0 Å². The van der Waals surface area contributed by atoms with E-state index in [9.17, 15) is 0 Å². The van der Waals surface area contributed by atoms with Crippen molar-refractivity contribution in [2.24, 2.45) is 0 Å². The van der Waals surface area contributed by atoms with Crippen molar-refractivity contribution in [3.8, 4) is 0 Å². The van der Waals surface area contributed by atoms with Crippen molar-refractivity contribution in [3.05, 3.63) is 23.2 Å². The van der Waals surface area contributed by atoms with Crippen LogP contribution in [0.3, 0.4) is 0 Å². The summed E-state index contributed by atoms with van der Waals surface area (Å²) < 4.78 is 6.00. The first kappa shape index (κ1) is 15.5. The second-order valence-corrected chi connectivity index (χ2v) is 6.54. The summed E-state index contributed by atoms with van der Waals surface area (Å²) in [5, 5.41) is 3.33. The summed E-state index contributed by atoms with van der Waals surface area (Å²) in [5.41, 5.74) is 1.50. The van der Waals surface area contributed by atoms with Gasteiger partial charge in [-0.05, 0) is 46.0 Å². The van der Waals surface area contributed by atoms with Crippen LogP contribution in [0.4, 0.5) is 0 Å². The van der Waals surface area contributed by atoms with Gasteiger partial charge < -0.3 is 9.73 Å². The van der Waals surface area contributed by atoms with Gasteiger partial charge >= 0.3 is 0 Å². The number of piperazine rings is 1. The van der Waals surface area contributed by atoms with Crippen molar-refractivity contribution in [2.45, 2.75) is 46.3 Å². The van der Waals surface area contributed by atoms with Crippen LogP contribution in [0, 0.1) is 6.92 Å². The number of nitrogens with one attached hydrogen (secondary N) is 1. The Morgan fingerprint density at radius 2 is 2.10 bits per heavy atom. The third-order valence-electron chi connectivity index (χ3n) is 4.38. The first-order chi connectivity index (χ1) is 9.42. The second kappa shape index (κ2) is 6.29. The number of hydrogen-bond donors (Lipinski definition) is 1. The average molecular weight is 279 g/mol. The summed E-state index contributed by atoms with van der Waals surface area (Å²) in [6.45, 7) is 14.9. The highest BCUT2D eigenvalue weighted by Crippen LogP contribution is 2.22. The van der Waals surface area contributed by atoms with Gasteiger partial charge in [0.05, 0.1) is 13.1 Å².